The molecule has 0 saturated heterocycles. The summed E-state index contributed by atoms with van der Waals surface area (Å²) in [5.41, 5.74) is 6.20. The molecule has 4 nitrogen and oxygen atoms in total. The average Bonchev–Trinajstić information content (AvgIpc) is 2.46. The highest BCUT2D eigenvalue weighted by Crippen LogP contribution is 2.19. The summed E-state index contributed by atoms with van der Waals surface area (Å²) < 4.78 is 10.4. The van der Waals surface area contributed by atoms with E-state index in [1.807, 2.05) is 18.2 Å². The largest absolute Gasteiger partial charge is 0.493 e. The van der Waals surface area contributed by atoms with E-state index >= 15 is 0 Å². The predicted molar refractivity (Wildman–Crippen MR) is 79.8 cm³/mol. The summed E-state index contributed by atoms with van der Waals surface area (Å²) in [4.78, 5) is 11.4. The van der Waals surface area contributed by atoms with Gasteiger partial charge in [-0.15, -0.1) is 0 Å². The molecule has 0 saturated carbocycles. The van der Waals surface area contributed by atoms with Crippen molar-refractivity contribution in [2.45, 2.75) is 45.1 Å². The van der Waals surface area contributed by atoms with Crippen molar-refractivity contribution in [1.29, 1.82) is 0 Å². The molecule has 0 heterocycles. The van der Waals surface area contributed by atoms with Gasteiger partial charge in [0, 0.05) is 0 Å². The Balaban J connectivity index is 2.30. The Kier molecular flexibility index (Phi) is 6.52. The number of aryl methyl sites for hydroxylation is 1. The van der Waals surface area contributed by atoms with Crippen molar-refractivity contribution in [3.8, 4) is 5.75 Å². The number of rotatable bonds is 8. The molecule has 1 unspecified atom stereocenters. The van der Waals surface area contributed by atoms with Crippen molar-refractivity contribution in [3.63, 3.8) is 0 Å². The average molecular weight is 279 g/mol. The van der Waals surface area contributed by atoms with Gasteiger partial charge in [-0.1, -0.05) is 25.1 Å². The first kappa shape index (κ1) is 16.5. The number of methoxy groups -OCH3 is 1. The van der Waals surface area contributed by atoms with E-state index in [-0.39, 0.29) is 5.97 Å². The van der Waals surface area contributed by atoms with Gasteiger partial charge < -0.3 is 15.2 Å². The molecule has 4 heteroatoms. The number of hydrogen-bond donors (Lipinski definition) is 1. The van der Waals surface area contributed by atoms with Gasteiger partial charge in [-0.25, -0.2) is 0 Å². The molecule has 1 rings (SSSR count). The first-order chi connectivity index (χ1) is 9.51. The van der Waals surface area contributed by atoms with Crippen LogP contribution in [0.5, 0.6) is 5.75 Å². The van der Waals surface area contributed by atoms with Gasteiger partial charge in [0.15, 0.2) is 0 Å². The first-order valence-electron chi connectivity index (χ1n) is 7.09. The van der Waals surface area contributed by atoms with E-state index < -0.39 is 5.54 Å². The van der Waals surface area contributed by atoms with Crippen LogP contribution in [0.1, 0.15) is 38.7 Å². The number of para-hydroxylation sites is 1. The van der Waals surface area contributed by atoms with Crippen LogP contribution in [0.15, 0.2) is 24.3 Å². The van der Waals surface area contributed by atoms with Crippen LogP contribution in [-0.4, -0.2) is 25.2 Å². The van der Waals surface area contributed by atoms with Crippen molar-refractivity contribution >= 4 is 5.97 Å². The van der Waals surface area contributed by atoms with Crippen molar-refractivity contribution in [2.24, 2.45) is 5.73 Å². The first-order valence-corrected chi connectivity index (χ1v) is 7.09. The Morgan fingerprint density at radius 1 is 1.30 bits per heavy atom. The third kappa shape index (κ3) is 4.85. The van der Waals surface area contributed by atoms with Crippen LogP contribution in [0.25, 0.3) is 0 Å². The molecule has 0 fully saturated rings. The number of benzene rings is 1. The van der Waals surface area contributed by atoms with Crippen LogP contribution >= 0.6 is 0 Å². The number of hydrogen-bond acceptors (Lipinski definition) is 4. The Bertz CT molecular complexity index is 429. The lowest BCUT2D eigenvalue weighted by Gasteiger charge is -2.21. The monoisotopic (exact) mass is 279 g/mol. The van der Waals surface area contributed by atoms with Gasteiger partial charge in [0.1, 0.15) is 11.3 Å². The van der Waals surface area contributed by atoms with Crippen LogP contribution in [0.2, 0.25) is 0 Å². The van der Waals surface area contributed by atoms with Crippen molar-refractivity contribution < 1.29 is 14.3 Å². The molecule has 0 aromatic heterocycles. The van der Waals surface area contributed by atoms with Crippen LogP contribution in [0.4, 0.5) is 0 Å². The SMILES string of the molecule is CCc1ccccc1OCCCCC(C)(N)C(=O)OC. The fraction of sp³-hybridized carbons (Fsp3) is 0.562. The molecule has 1 atom stereocenters. The topological polar surface area (TPSA) is 61.5 Å². The molecular weight excluding hydrogens is 254 g/mol. The summed E-state index contributed by atoms with van der Waals surface area (Å²) in [6.45, 7) is 4.44. The van der Waals surface area contributed by atoms with Gasteiger partial charge in [-0.2, -0.15) is 0 Å². The van der Waals surface area contributed by atoms with Crippen molar-refractivity contribution in [3.05, 3.63) is 29.8 Å². The third-order valence-electron chi connectivity index (χ3n) is 3.35. The van der Waals surface area contributed by atoms with Crippen LogP contribution in [-0.2, 0) is 16.0 Å². The molecular formula is C16H25NO3. The zero-order chi connectivity index (χ0) is 15.0. The molecule has 0 aliphatic heterocycles. The van der Waals surface area contributed by atoms with E-state index in [1.54, 1.807) is 6.92 Å². The van der Waals surface area contributed by atoms with E-state index in [0.29, 0.717) is 13.0 Å². The zero-order valence-corrected chi connectivity index (χ0v) is 12.6. The molecule has 0 aliphatic rings. The van der Waals surface area contributed by atoms with Gasteiger partial charge in [0.05, 0.1) is 13.7 Å². The molecule has 0 bridgehead atoms. The number of esters is 1. The fourth-order valence-electron chi connectivity index (χ4n) is 2.05. The smallest absolute Gasteiger partial charge is 0.325 e. The highest BCUT2D eigenvalue weighted by molar-refractivity contribution is 5.79. The minimum Gasteiger partial charge on any atom is -0.493 e. The zero-order valence-electron chi connectivity index (χ0n) is 12.6. The summed E-state index contributed by atoms with van der Waals surface area (Å²) in [5, 5.41) is 0. The van der Waals surface area contributed by atoms with Crippen molar-refractivity contribution in [1.82, 2.24) is 0 Å². The lowest BCUT2D eigenvalue weighted by Crippen LogP contribution is -2.45. The van der Waals surface area contributed by atoms with Gasteiger partial charge >= 0.3 is 5.97 Å². The predicted octanol–water partition coefficient (Wildman–Crippen LogP) is 2.69. The number of carbonyl (C=O) groups excluding carboxylic acids is 1. The normalized spacial score (nSPS) is 13.6. The summed E-state index contributed by atoms with van der Waals surface area (Å²) in [6.07, 6.45) is 3.25. The molecule has 1 aromatic carbocycles. The molecule has 0 aliphatic carbocycles. The van der Waals surface area contributed by atoms with Crippen LogP contribution < -0.4 is 10.5 Å². The molecule has 0 amide bonds. The maximum absolute atomic E-state index is 11.4. The fourth-order valence-corrected chi connectivity index (χ4v) is 2.05. The van der Waals surface area contributed by atoms with Gasteiger partial charge in [-0.3, -0.25) is 4.79 Å². The standard InChI is InChI=1S/C16H25NO3/c1-4-13-9-5-6-10-14(13)20-12-8-7-11-16(2,17)15(18)19-3/h5-6,9-10H,4,7-8,11-12,17H2,1-3H3. The number of nitrogens with two attached hydrogens (primary N) is 1. The van der Waals surface area contributed by atoms with E-state index in [1.165, 1.54) is 12.7 Å². The van der Waals surface area contributed by atoms with Crippen LogP contribution in [0, 0.1) is 0 Å². The lowest BCUT2D eigenvalue weighted by atomic mass is 9.96. The second-order valence-electron chi connectivity index (χ2n) is 5.18. The number of unbranched alkanes of at least 4 members (excludes halogenated alkanes) is 1. The number of ether oxygens (including phenoxy) is 2. The highest BCUT2D eigenvalue weighted by atomic mass is 16.5. The minimum atomic E-state index is -0.907. The maximum Gasteiger partial charge on any atom is 0.325 e. The Morgan fingerprint density at radius 2 is 2.00 bits per heavy atom. The molecule has 112 valence electrons. The van der Waals surface area contributed by atoms with E-state index in [9.17, 15) is 4.79 Å². The Morgan fingerprint density at radius 3 is 2.65 bits per heavy atom. The Labute approximate surface area is 121 Å². The molecule has 0 radical (unpaired) electrons. The second-order valence-corrected chi connectivity index (χ2v) is 5.18. The lowest BCUT2D eigenvalue weighted by molar-refractivity contribution is -0.146. The van der Waals surface area contributed by atoms with E-state index in [4.69, 9.17) is 10.5 Å². The van der Waals surface area contributed by atoms with Gasteiger partial charge in [0.2, 0.25) is 0 Å². The van der Waals surface area contributed by atoms with Crippen molar-refractivity contribution in [2.75, 3.05) is 13.7 Å². The summed E-state index contributed by atoms with van der Waals surface area (Å²) in [6, 6.07) is 8.05. The maximum atomic E-state index is 11.4. The minimum absolute atomic E-state index is 0.366. The van der Waals surface area contributed by atoms with E-state index in [2.05, 4.69) is 17.7 Å². The van der Waals surface area contributed by atoms with E-state index in [0.717, 1.165) is 25.0 Å². The van der Waals surface area contributed by atoms with Gasteiger partial charge in [-0.05, 0) is 44.2 Å². The highest BCUT2D eigenvalue weighted by Gasteiger charge is 2.28. The number of carbonyl (C=O) groups is 1. The summed E-state index contributed by atoms with van der Waals surface area (Å²) in [5.74, 6) is 0.577. The molecule has 20 heavy (non-hydrogen) atoms. The summed E-state index contributed by atoms with van der Waals surface area (Å²) in [7, 11) is 1.36. The van der Waals surface area contributed by atoms with Crippen LogP contribution in [0.3, 0.4) is 0 Å². The summed E-state index contributed by atoms with van der Waals surface area (Å²) >= 11 is 0. The molecule has 0 spiro atoms. The third-order valence-corrected chi connectivity index (χ3v) is 3.35. The Hall–Kier alpha value is -1.55. The van der Waals surface area contributed by atoms with Gasteiger partial charge in [0.25, 0.3) is 0 Å². The molecule has 2 N–H and O–H groups in total. The molecule has 1 aromatic rings. The quantitative estimate of drug-likeness (QED) is 0.587. The second kappa shape index (κ2) is 7.90.